The molecule has 84 valence electrons. The third kappa shape index (κ3) is 2.19. The number of ketones is 2. The van der Waals surface area contributed by atoms with Crippen molar-refractivity contribution < 1.29 is 9.59 Å². The van der Waals surface area contributed by atoms with Gasteiger partial charge in [-0.1, -0.05) is 26.8 Å². The zero-order valence-corrected chi connectivity index (χ0v) is 10.3. The summed E-state index contributed by atoms with van der Waals surface area (Å²) in [6, 6.07) is 0. The molecule has 0 saturated heterocycles. The molecule has 0 amide bonds. The molecule has 0 spiro atoms. The quantitative estimate of drug-likeness (QED) is 0.666. The Hall–Kier alpha value is -0.920. The molecule has 15 heavy (non-hydrogen) atoms. The van der Waals surface area contributed by atoms with Crippen molar-refractivity contribution >= 4 is 11.6 Å². The van der Waals surface area contributed by atoms with E-state index in [1.807, 2.05) is 13.0 Å². The molecule has 1 rings (SSSR count). The molecule has 1 fully saturated rings. The van der Waals surface area contributed by atoms with Gasteiger partial charge in [-0.25, -0.2) is 0 Å². The zero-order chi connectivity index (χ0) is 11.8. The summed E-state index contributed by atoms with van der Waals surface area (Å²) < 4.78 is 0. The highest BCUT2D eigenvalue weighted by molar-refractivity contribution is 5.93. The maximum absolute atomic E-state index is 11.4. The maximum atomic E-state index is 11.4. The van der Waals surface area contributed by atoms with E-state index in [1.165, 1.54) is 0 Å². The van der Waals surface area contributed by atoms with Gasteiger partial charge in [0.2, 0.25) is 0 Å². The van der Waals surface area contributed by atoms with Gasteiger partial charge in [-0.05, 0) is 37.2 Å². The number of rotatable bonds is 4. The van der Waals surface area contributed by atoms with Crippen molar-refractivity contribution in [3.8, 4) is 0 Å². The lowest BCUT2D eigenvalue weighted by Gasteiger charge is -2.00. The second-order valence-electron chi connectivity index (χ2n) is 5.04. The van der Waals surface area contributed by atoms with Crippen LogP contribution in [0, 0.1) is 17.3 Å². The average Bonchev–Trinajstić information content (AvgIpc) is 2.63. The Morgan fingerprint density at radius 2 is 1.80 bits per heavy atom. The standard InChI is InChI=1S/C13H20O2/c1-6-10(8(2)14)7-11-12(9(3)15)13(11,4)5/h7,11-12H,6H2,1-5H3. The second kappa shape index (κ2) is 3.92. The Labute approximate surface area is 91.7 Å². The first kappa shape index (κ1) is 12.2. The van der Waals surface area contributed by atoms with Crippen molar-refractivity contribution in [2.24, 2.45) is 17.3 Å². The molecule has 1 saturated carbocycles. The van der Waals surface area contributed by atoms with Crippen molar-refractivity contribution in [3.05, 3.63) is 11.6 Å². The van der Waals surface area contributed by atoms with Crippen LogP contribution in [-0.2, 0) is 9.59 Å². The molecule has 0 aromatic carbocycles. The van der Waals surface area contributed by atoms with Crippen LogP contribution in [0.2, 0.25) is 0 Å². The molecule has 0 bridgehead atoms. The number of carbonyl (C=O) groups is 2. The van der Waals surface area contributed by atoms with E-state index in [4.69, 9.17) is 0 Å². The predicted molar refractivity (Wildman–Crippen MR) is 60.5 cm³/mol. The van der Waals surface area contributed by atoms with Gasteiger partial charge >= 0.3 is 0 Å². The molecule has 0 aromatic rings. The summed E-state index contributed by atoms with van der Waals surface area (Å²) in [6.07, 6.45) is 2.76. The maximum Gasteiger partial charge on any atom is 0.155 e. The van der Waals surface area contributed by atoms with Crippen LogP contribution < -0.4 is 0 Å². The Morgan fingerprint density at radius 3 is 2.07 bits per heavy atom. The van der Waals surface area contributed by atoms with E-state index >= 15 is 0 Å². The van der Waals surface area contributed by atoms with Gasteiger partial charge in [-0.15, -0.1) is 0 Å². The van der Waals surface area contributed by atoms with Crippen molar-refractivity contribution in [1.82, 2.24) is 0 Å². The third-order valence-corrected chi connectivity index (χ3v) is 3.56. The fourth-order valence-corrected chi connectivity index (χ4v) is 2.47. The second-order valence-corrected chi connectivity index (χ2v) is 5.04. The van der Waals surface area contributed by atoms with Gasteiger partial charge < -0.3 is 0 Å². The van der Waals surface area contributed by atoms with Crippen LogP contribution >= 0.6 is 0 Å². The van der Waals surface area contributed by atoms with E-state index in [0.717, 1.165) is 12.0 Å². The average molecular weight is 208 g/mol. The van der Waals surface area contributed by atoms with Crippen molar-refractivity contribution in [3.63, 3.8) is 0 Å². The molecule has 2 unspecified atom stereocenters. The molecule has 0 aliphatic heterocycles. The molecule has 2 heteroatoms. The largest absolute Gasteiger partial charge is 0.300 e. The highest BCUT2D eigenvalue weighted by Crippen LogP contribution is 2.59. The lowest BCUT2D eigenvalue weighted by Crippen LogP contribution is -1.99. The number of hydrogen-bond acceptors (Lipinski definition) is 2. The van der Waals surface area contributed by atoms with E-state index in [9.17, 15) is 9.59 Å². The first-order valence-corrected chi connectivity index (χ1v) is 5.54. The normalized spacial score (nSPS) is 28.7. The smallest absolute Gasteiger partial charge is 0.155 e. The molecule has 0 heterocycles. The molecular weight excluding hydrogens is 188 g/mol. The van der Waals surface area contributed by atoms with Crippen molar-refractivity contribution in [1.29, 1.82) is 0 Å². The minimum atomic E-state index is 0.0434. The summed E-state index contributed by atoms with van der Waals surface area (Å²) in [5, 5.41) is 0. The van der Waals surface area contributed by atoms with Gasteiger partial charge in [0, 0.05) is 5.92 Å². The van der Waals surface area contributed by atoms with Crippen LogP contribution in [0.4, 0.5) is 0 Å². The van der Waals surface area contributed by atoms with E-state index in [2.05, 4.69) is 13.8 Å². The van der Waals surface area contributed by atoms with Crippen LogP contribution in [-0.4, -0.2) is 11.6 Å². The van der Waals surface area contributed by atoms with Gasteiger partial charge in [0.1, 0.15) is 5.78 Å². The first-order valence-electron chi connectivity index (χ1n) is 5.54. The lowest BCUT2D eigenvalue weighted by atomic mass is 10.0. The van der Waals surface area contributed by atoms with Crippen LogP contribution in [0.1, 0.15) is 41.0 Å². The van der Waals surface area contributed by atoms with Gasteiger partial charge in [0.25, 0.3) is 0 Å². The zero-order valence-electron chi connectivity index (χ0n) is 10.3. The summed E-state index contributed by atoms with van der Waals surface area (Å²) in [5.74, 6) is 0.731. The number of hydrogen-bond donors (Lipinski definition) is 0. The van der Waals surface area contributed by atoms with Crippen molar-refractivity contribution in [2.75, 3.05) is 0 Å². The van der Waals surface area contributed by atoms with Gasteiger partial charge in [0.05, 0.1) is 0 Å². The molecule has 0 aromatic heterocycles. The number of Topliss-reactive ketones (excluding diaryl/α,β-unsaturated/α-hetero) is 2. The summed E-state index contributed by atoms with van der Waals surface area (Å²) in [5.41, 5.74) is 0.902. The summed E-state index contributed by atoms with van der Waals surface area (Å²) in [6.45, 7) is 9.39. The summed E-state index contributed by atoms with van der Waals surface area (Å²) in [7, 11) is 0. The Bertz CT molecular complexity index is 323. The molecule has 1 aliphatic carbocycles. The monoisotopic (exact) mass is 208 g/mol. The third-order valence-electron chi connectivity index (χ3n) is 3.56. The summed E-state index contributed by atoms with van der Waals surface area (Å²) in [4.78, 5) is 22.6. The molecule has 2 nitrogen and oxygen atoms in total. The molecule has 2 atom stereocenters. The van der Waals surface area contributed by atoms with E-state index in [1.54, 1.807) is 13.8 Å². The first-order chi connectivity index (χ1) is 6.82. The Kier molecular flexibility index (Phi) is 3.17. The van der Waals surface area contributed by atoms with Gasteiger partial charge in [-0.2, -0.15) is 0 Å². The van der Waals surface area contributed by atoms with Gasteiger partial charge in [-0.3, -0.25) is 9.59 Å². The van der Waals surface area contributed by atoms with Gasteiger partial charge in [0.15, 0.2) is 5.78 Å². The molecule has 1 aliphatic rings. The van der Waals surface area contributed by atoms with Crippen molar-refractivity contribution in [2.45, 2.75) is 41.0 Å². The molecular formula is C13H20O2. The Morgan fingerprint density at radius 1 is 1.27 bits per heavy atom. The molecule has 0 radical (unpaired) electrons. The summed E-state index contributed by atoms with van der Waals surface area (Å²) >= 11 is 0. The lowest BCUT2D eigenvalue weighted by molar-refractivity contribution is -0.119. The Balaban J connectivity index is 2.85. The predicted octanol–water partition coefficient (Wildman–Crippen LogP) is 2.77. The fourth-order valence-electron chi connectivity index (χ4n) is 2.47. The number of carbonyl (C=O) groups excluding carboxylic acids is 2. The van der Waals surface area contributed by atoms with E-state index in [-0.39, 0.29) is 28.8 Å². The number of allylic oxidation sites excluding steroid dienone is 2. The highest BCUT2D eigenvalue weighted by atomic mass is 16.1. The molecule has 0 N–H and O–H groups in total. The van der Waals surface area contributed by atoms with E-state index in [0.29, 0.717) is 0 Å². The topological polar surface area (TPSA) is 34.1 Å². The SMILES string of the molecule is CCC(=CC1C(C(C)=O)C1(C)C)C(C)=O. The fraction of sp³-hybridized carbons (Fsp3) is 0.692. The van der Waals surface area contributed by atoms with Crippen LogP contribution in [0.3, 0.4) is 0 Å². The van der Waals surface area contributed by atoms with E-state index < -0.39 is 0 Å². The van der Waals surface area contributed by atoms with Crippen LogP contribution in [0.5, 0.6) is 0 Å². The minimum Gasteiger partial charge on any atom is -0.300 e. The highest BCUT2D eigenvalue weighted by Gasteiger charge is 2.58. The van der Waals surface area contributed by atoms with Crippen LogP contribution in [0.15, 0.2) is 11.6 Å². The minimum absolute atomic E-state index is 0.0434. The van der Waals surface area contributed by atoms with Crippen LogP contribution in [0.25, 0.3) is 0 Å².